The molecule has 0 spiro atoms. The molecule has 0 aromatic rings. The van der Waals surface area contributed by atoms with E-state index in [-0.39, 0.29) is 5.97 Å². The molecule has 0 unspecified atom stereocenters. The quantitative estimate of drug-likeness (QED) is 0.530. The average molecular weight is 280 g/mol. The highest BCUT2D eigenvalue weighted by Gasteiger charge is 2.18. The van der Waals surface area contributed by atoms with Crippen molar-refractivity contribution in [2.75, 3.05) is 39.3 Å². The topological polar surface area (TPSA) is 32.8 Å². The van der Waals surface area contributed by atoms with Gasteiger partial charge < -0.3 is 14.5 Å². The molecule has 1 aliphatic rings. The molecule has 20 heavy (non-hydrogen) atoms. The molecule has 1 aliphatic heterocycles. The predicted molar refractivity (Wildman–Crippen MR) is 82.5 cm³/mol. The number of carbonyl (C=O) groups excluding carboxylic acids is 1. The van der Waals surface area contributed by atoms with Crippen LogP contribution in [-0.2, 0) is 9.53 Å². The third-order valence-corrected chi connectivity index (χ3v) is 3.60. The zero-order valence-electron chi connectivity index (χ0n) is 13.1. The first-order valence-electron chi connectivity index (χ1n) is 7.66. The molecule has 0 amide bonds. The summed E-state index contributed by atoms with van der Waals surface area (Å²) in [4.78, 5) is 16.4. The lowest BCUT2D eigenvalue weighted by atomic mass is 10.1. The fraction of sp³-hybridized carbons (Fsp3) is 0.688. The van der Waals surface area contributed by atoms with Gasteiger partial charge in [-0.15, -0.1) is 0 Å². The Morgan fingerprint density at radius 2 is 1.85 bits per heavy atom. The fourth-order valence-corrected chi connectivity index (χ4v) is 2.37. The molecule has 0 aliphatic carbocycles. The van der Waals surface area contributed by atoms with E-state index in [1.807, 2.05) is 26.0 Å². The van der Waals surface area contributed by atoms with Crippen molar-refractivity contribution in [2.45, 2.75) is 33.6 Å². The van der Waals surface area contributed by atoms with Crippen LogP contribution in [0.1, 0.15) is 33.6 Å². The average Bonchev–Trinajstić information content (AvgIpc) is 2.48. The second-order valence-corrected chi connectivity index (χ2v) is 4.91. The van der Waals surface area contributed by atoms with Crippen LogP contribution >= 0.6 is 0 Å². The number of esters is 1. The third-order valence-electron chi connectivity index (χ3n) is 3.60. The van der Waals surface area contributed by atoms with E-state index in [1.54, 1.807) is 0 Å². The van der Waals surface area contributed by atoms with Crippen molar-refractivity contribution < 1.29 is 9.53 Å². The highest BCUT2D eigenvalue weighted by atomic mass is 16.5. The molecular weight excluding hydrogens is 252 g/mol. The van der Waals surface area contributed by atoms with Gasteiger partial charge in [0.1, 0.15) is 0 Å². The van der Waals surface area contributed by atoms with Gasteiger partial charge in [0, 0.05) is 31.9 Å². The monoisotopic (exact) mass is 280 g/mol. The second kappa shape index (κ2) is 9.59. The van der Waals surface area contributed by atoms with Gasteiger partial charge in [0.05, 0.1) is 13.0 Å². The predicted octanol–water partition coefficient (Wildman–Crippen LogP) is 2.43. The van der Waals surface area contributed by atoms with Crippen LogP contribution in [0.3, 0.4) is 0 Å². The Labute approximate surface area is 123 Å². The molecule has 114 valence electrons. The first-order valence-corrected chi connectivity index (χ1v) is 7.66. The van der Waals surface area contributed by atoms with Crippen molar-refractivity contribution >= 4 is 5.97 Å². The molecule has 0 radical (unpaired) electrons. The zero-order valence-corrected chi connectivity index (χ0v) is 13.1. The van der Waals surface area contributed by atoms with Gasteiger partial charge in [-0.25, -0.2) is 0 Å². The summed E-state index contributed by atoms with van der Waals surface area (Å²) in [6, 6.07) is 0. The number of hydrogen-bond donors (Lipinski definition) is 0. The normalized spacial score (nSPS) is 17.8. The molecule has 0 aromatic carbocycles. The first kappa shape index (κ1) is 16.8. The van der Waals surface area contributed by atoms with Crippen LogP contribution in [0.2, 0.25) is 0 Å². The van der Waals surface area contributed by atoms with Crippen LogP contribution in [0.5, 0.6) is 0 Å². The van der Waals surface area contributed by atoms with E-state index in [9.17, 15) is 4.79 Å². The van der Waals surface area contributed by atoms with Gasteiger partial charge in [-0.3, -0.25) is 4.79 Å². The number of likely N-dealkylation sites (N-methyl/N-ethyl adjacent to an activating group) is 1. The molecular formula is C16H28N2O2. The number of carbonyl (C=O) groups is 1. The van der Waals surface area contributed by atoms with Crippen molar-refractivity contribution in [2.24, 2.45) is 0 Å². The number of piperazine rings is 1. The fourth-order valence-electron chi connectivity index (χ4n) is 2.37. The van der Waals surface area contributed by atoms with E-state index >= 15 is 0 Å². The standard InChI is InChI=1S/C16H28N2O2/c1-4-7-8-15(9-10-16(19)20-6-3)18-13-11-17(5-2)12-14-18/h4,7-8H,5-6,9-14H2,1-3H3/b7-4-,15-8+. The molecule has 4 nitrogen and oxygen atoms in total. The molecule has 0 saturated carbocycles. The van der Waals surface area contributed by atoms with E-state index in [0.717, 1.165) is 39.1 Å². The van der Waals surface area contributed by atoms with Gasteiger partial charge in [0.15, 0.2) is 0 Å². The Morgan fingerprint density at radius 3 is 2.40 bits per heavy atom. The highest BCUT2D eigenvalue weighted by Crippen LogP contribution is 2.15. The van der Waals surface area contributed by atoms with Crippen LogP contribution < -0.4 is 0 Å². The number of hydrogen-bond acceptors (Lipinski definition) is 4. The van der Waals surface area contributed by atoms with Crippen LogP contribution in [0.4, 0.5) is 0 Å². The van der Waals surface area contributed by atoms with E-state index in [0.29, 0.717) is 13.0 Å². The van der Waals surface area contributed by atoms with Crippen molar-refractivity contribution in [3.05, 3.63) is 23.9 Å². The molecule has 1 heterocycles. The van der Waals surface area contributed by atoms with Gasteiger partial charge in [-0.2, -0.15) is 0 Å². The first-order chi connectivity index (χ1) is 9.71. The maximum atomic E-state index is 11.5. The third kappa shape index (κ3) is 5.78. The minimum absolute atomic E-state index is 0.105. The van der Waals surface area contributed by atoms with E-state index in [4.69, 9.17) is 4.74 Å². The summed E-state index contributed by atoms with van der Waals surface area (Å²) < 4.78 is 5.01. The van der Waals surface area contributed by atoms with Crippen molar-refractivity contribution in [1.29, 1.82) is 0 Å². The van der Waals surface area contributed by atoms with Gasteiger partial charge >= 0.3 is 5.97 Å². The van der Waals surface area contributed by atoms with Crippen LogP contribution in [-0.4, -0.2) is 55.1 Å². The summed E-state index contributed by atoms with van der Waals surface area (Å²) in [6.45, 7) is 11.9. The molecule has 1 saturated heterocycles. The Hall–Kier alpha value is -1.29. The van der Waals surface area contributed by atoms with Crippen molar-refractivity contribution in [3.8, 4) is 0 Å². The van der Waals surface area contributed by atoms with E-state index in [2.05, 4.69) is 22.8 Å². The molecule has 1 rings (SSSR count). The minimum atomic E-state index is -0.105. The minimum Gasteiger partial charge on any atom is -0.466 e. The summed E-state index contributed by atoms with van der Waals surface area (Å²) in [6.07, 6.45) is 7.42. The van der Waals surface area contributed by atoms with Crippen molar-refractivity contribution in [3.63, 3.8) is 0 Å². The molecule has 0 atom stereocenters. The SMILES string of the molecule is C/C=C\C=C(/CCC(=O)OCC)N1CCN(CC)CC1. The Morgan fingerprint density at radius 1 is 1.15 bits per heavy atom. The molecule has 0 aromatic heterocycles. The second-order valence-electron chi connectivity index (χ2n) is 4.91. The highest BCUT2D eigenvalue weighted by molar-refractivity contribution is 5.69. The van der Waals surface area contributed by atoms with Crippen molar-refractivity contribution in [1.82, 2.24) is 9.80 Å². The van der Waals surface area contributed by atoms with Gasteiger partial charge in [0.2, 0.25) is 0 Å². The maximum Gasteiger partial charge on any atom is 0.306 e. The summed E-state index contributed by atoms with van der Waals surface area (Å²) in [5.41, 5.74) is 1.24. The molecule has 4 heteroatoms. The van der Waals surface area contributed by atoms with Gasteiger partial charge in [-0.1, -0.05) is 19.1 Å². The van der Waals surface area contributed by atoms with Gasteiger partial charge in [0.25, 0.3) is 0 Å². The smallest absolute Gasteiger partial charge is 0.306 e. The summed E-state index contributed by atoms with van der Waals surface area (Å²) in [5, 5.41) is 0. The Balaban J connectivity index is 2.54. The number of rotatable bonds is 7. The van der Waals surface area contributed by atoms with E-state index < -0.39 is 0 Å². The Bertz CT molecular complexity index is 342. The number of nitrogens with zero attached hydrogens (tertiary/aromatic N) is 2. The largest absolute Gasteiger partial charge is 0.466 e. The molecule has 0 bridgehead atoms. The summed E-state index contributed by atoms with van der Waals surface area (Å²) in [7, 11) is 0. The lowest BCUT2D eigenvalue weighted by Gasteiger charge is -2.37. The maximum absolute atomic E-state index is 11.5. The van der Waals surface area contributed by atoms with Crippen LogP contribution in [0, 0.1) is 0 Å². The zero-order chi connectivity index (χ0) is 14.8. The van der Waals surface area contributed by atoms with Crippen LogP contribution in [0.25, 0.3) is 0 Å². The lowest BCUT2D eigenvalue weighted by molar-refractivity contribution is -0.143. The molecule has 0 N–H and O–H groups in total. The molecule has 1 fully saturated rings. The number of allylic oxidation sites excluding steroid dienone is 4. The van der Waals surface area contributed by atoms with E-state index in [1.165, 1.54) is 5.70 Å². The summed E-state index contributed by atoms with van der Waals surface area (Å²) >= 11 is 0. The van der Waals surface area contributed by atoms with Gasteiger partial charge in [-0.05, 0) is 32.9 Å². The Kier molecular flexibility index (Phi) is 8.04. The lowest BCUT2D eigenvalue weighted by Crippen LogP contribution is -2.45. The van der Waals surface area contributed by atoms with Crippen LogP contribution in [0.15, 0.2) is 23.9 Å². The number of ether oxygens (including phenoxy) is 1. The summed E-state index contributed by atoms with van der Waals surface area (Å²) in [5.74, 6) is -0.105.